The van der Waals surface area contributed by atoms with Crippen molar-refractivity contribution in [3.8, 4) is 5.75 Å². The zero-order valence-electron chi connectivity index (χ0n) is 11.6. The quantitative estimate of drug-likeness (QED) is 0.451. The Hall–Kier alpha value is -0.620. The van der Waals surface area contributed by atoms with Crippen LogP contribution >= 0.6 is 17.1 Å². The van der Waals surface area contributed by atoms with Gasteiger partial charge in [0.25, 0.3) is 11.4 Å². The third-order valence-corrected chi connectivity index (χ3v) is 9.44. The first-order valence-electron chi connectivity index (χ1n) is 6.83. The molecule has 21 heavy (non-hydrogen) atoms. The lowest BCUT2D eigenvalue weighted by Crippen LogP contribution is -2.37. The van der Waals surface area contributed by atoms with Gasteiger partial charge in [0.15, 0.2) is 0 Å². The number of benzene rings is 1. The molecule has 0 radical (unpaired) electrons. The third kappa shape index (κ3) is 3.11. The van der Waals surface area contributed by atoms with E-state index in [1.165, 1.54) is 25.0 Å². The molecule has 1 heterocycles. The van der Waals surface area contributed by atoms with E-state index < -0.39 is 10.6 Å². The number of fused-ring (bicyclic) bond motifs is 1. The van der Waals surface area contributed by atoms with Crippen LogP contribution in [0, 0.1) is 10.1 Å². The molecule has 8 heteroatoms. The molecular weight excluding hydrogens is 329 g/mol. The van der Waals surface area contributed by atoms with Crippen LogP contribution in [0.3, 0.4) is 0 Å². The van der Waals surface area contributed by atoms with E-state index in [9.17, 15) is 10.1 Å². The lowest BCUT2D eigenvalue weighted by molar-refractivity contribution is -0.384. The Kier molecular flexibility index (Phi) is 4.03. The van der Waals surface area contributed by atoms with Gasteiger partial charge in [-0.25, -0.2) is 0 Å². The van der Waals surface area contributed by atoms with Crippen molar-refractivity contribution in [2.24, 2.45) is 0 Å². The van der Waals surface area contributed by atoms with E-state index in [1.54, 1.807) is 23.5 Å². The molecule has 1 saturated heterocycles. The number of hydrogen-bond donors (Lipinski definition) is 0. The van der Waals surface area contributed by atoms with E-state index in [0.717, 1.165) is 12.8 Å². The van der Waals surface area contributed by atoms with Gasteiger partial charge in [0.2, 0.25) is 0 Å². The molecule has 1 aliphatic carbocycles. The maximum absolute atomic E-state index is 10.7. The Balaban J connectivity index is 1.75. The highest BCUT2D eigenvalue weighted by Crippen LogP contribution is 2.73. The summed E-state index contributed by atoms with van der Waals surface area (Å²) in [7, 11) is 0. The van der Waals surface area contributed by atoms with Crippen molar-refractivity contribution in [3.05, 3.63) is 34.4 Å². The summed E-state index contributed by atoms with van der Waals surface area (Å²) in [6, 6.07) is 6.01. The normalized spacial score (nSPS) is 35.2. The summed E-state index contributed by atoms with van der Waals surface area (Å²) < 4.78 is 12.1. The zero-order chi connectivity index (χ0) is 15.1. The van der Waals surface area contributed by atoms with Crippen LogP contribution in [0.15, 0.2) is 24.3 Å². The van der Waals surface area contributed by atoms with Crippen LogP contribution in [-0.2, 0) is 16.3 Å². The number of rotatable bonds is 3. The van der Waals surface area contributed by atoms with Crippen LogP contribution in [0.4, 0.5) is 5.69 Å². The first-order valence-corrected chi connectivity index (χ1v) is 11.0. The molecule has 0 N–H and O–H groups in total. The molecule has 0 amide bonds. The number of hydrogen-bond acceptors (Lipinski definition) is 6. The second-order valence-corrected chi connectivity index (χ2v) is 11.8. The van der Waals surface area contributed by atoms with Gasteiger partial charge in [0.1, 0.15) is 5.75 Å². The van der Waals surface area contributed by atoms with Crippen molar-refractivity contribution >= 4 is 34.6 Å². The summed E-state index contributed by atoms with van der Waals surface area (Å²) in [5.41, 5.74) is -2.56. The molecule has 3 atom stereocenters. The van der Waals surface area contributed by atoms with Gasteiger partial charge in [0.05, 0.1) is 10.5 Å². The minimum Gasteiger partial charge on any atom is -0.436 e. The Morgan fingerprint density at radius 2 is 2.19 bits per heavy atom. The van der Waals surface area contributed by atoms with Gasteiger partial charge in [-0.15, -0.1) is 0 Å². The molecule has 1 aliphatic heterocycles. The van der Waals surface area contributed by atoms with Gasteiger partial charge in [-0.3, -0.25) is 10.1 Å². The molecule has 0 spiro atoms. The first-order chi connectivity index (χ1) is 9.90. The molecule has 0 bridgehead atoms. The van der Waals surface area contributed by atoms with Crippen LogP contribution in [0.5, 0.6) is 5.75 Å². The summed E-state index contributed by atoms with van der Waals surface area (Å²) in [4.78, 5) is 10.2. The zero-order valence-corrected chi connectivity index (χ0v) is 14.1. The van der Waals surface area contributed by atoms with Crippen molar-refractivity contribution in [2.45, 2.75) is 43.5 Å². The van der Waals surface area contributed by atoms with E-state index in [2.05, 4.69) is 6.92 Å². The largest absolute Gasteiger partial charge is 0.436 e. The standard InChI is InChI=1S/C13H16NO4PS2/c1-13-9-3-2-4-12(13)21-19(20,18-13)17-11-7-5-10(6-8-11)14(15)16/h5-8,12H,2-4,9H2,1H3/t12-,13-,19?/m0/s1. The van der Waals surface area contributed by atoms with E-state index in [4.69, 9.17) is 20.9 Å². The van der Waals surface area contributed by atoms with Crippen LogP contribution in [0.1, 0.15) is 32.6 Å². The number of nitrogens with zero attached hydrogens (tertiary/aromatic N) is 1. The van der Waals surface area contributed by atoms with E-state index in [0.29, 0.717) is 11.0 Å². The molecule has 5 nitrogen and oxygen atoms in total. The lowest BCUT2D eigenvalue weighted by atomic mass is 9.86. The Bertz CT molecular complexity index is 609. The highest BCUT2D eigenvalue weighted by molar-refractivity contribution is 8.68. The number of nitro groups is 1. The van der Waals surface area contributed by atoms with E-state index in [1.807, 2.05) is 0 Å². The van der Waals surface area contributed by atoms with Gasteiger partial charge >= 0.3 is 0 Å². The third-order valence-electron chi connectivity index (χ3n) is 3.91. The first kappa shape index (κ1) is 15.3. The van der Waals surface area contributed by atoms with Crippen LogP contribution in [-0.4, -0.2) is 15.8 Å². The predicted octanol–water partition coefficient (Wildman–Crippen LogP) is 4.66. The van der Waals surface area contributed by atoms with Gasteiger partial charge in [-0.2, -0.15) is 0 Å². The van der Waals surface area contributed by atoms with Crippen molar-refractivity contribution in [3.63, 3.8) is 0 Å². The minimum absolute atomic E-state index is 0.0414. The smallest absolute Gasteiger partial charge is 0.298 e. The number of non-ortho nitro benzene ring substituents is 1. The Labute approximate surface area is 132 Å². The predicted molar refractivity (Wildman–Crippen MR) is 87.3 cm³/mol. The summed E-state index contributed by atoms with van der Waals surface area (Å²) in [6.45, 7) is 2.12. The monoisotopic (exact) mass is 345 g/mol. The van der Waals surface area contributed by atoms with Crippen molar-refractivity contribution in [1.29, 1.82) is 0 Å². The summed E-state index contributed by atoms with van der Waals surface area (Å²) >= 11 is 7.26. The molecule has 1 saturated carbocycles. The highest BCUT2D eigenvalue weighted by atomic mass is 32.9. The highest BCUT2D eigenvalue weighted by Gasteiger charge is 2.52. The van der Waals surface area contributed by atoms with Crippen LogP contribution in [0.25, 0.3) is 0 Å². The molecule has 1 aromatic carbocycles. The molecular formula is C13H16NO4PS2. The maximum atomic E-state index is 10.7. The number of nitro benzene ring substituents is 1. The molecule has 1 aromatic rings. The van der Waals surface area contributed by atoms with Gasteiger partial charge in [0, 0.05) is 17.4 Å². The van der Waals surface area contributed by atoms with Gasteiger partial charge < -0.3 is 9.05 Å². The average molecular weight is 345 g/mol. The fourth-order valence-corrected chi connectivity index (χ4v) is 9.70. The molecule has 2 fully saturated rings. The van der Waals surface area contributed by atoms with Crippen molar-refractivity contribution in [1.82, 2.24) is 0 Å². The van der Waals surface area contributed by atoms with E-state index >= 15 is 0 Å². The maximum Gasteiger partial charge on any atom is 0.298 e. The molecule has 0 aromatic heterocycles. The molecule has 114 valence electrons. The fraction of sp³-hybridized carbons (Fsp3) is 0.538. The summed E-state index contributed by atoms with van der Waals surface area (Å²) in [5, 5.41) is 11.1. The minimum atomic E-state index is -2.42. The van der Waals surface area contributed by atoms with Gasteiger partial charge in [-0.05, 0) is 43.7 Å². The lowest BCUT2D eigenvalue weighted by Gasteiger charge is -2.32. The average Bonchev–Trinajstić information content (AvgIpc) is 2.69. The molecule has 2 aliphatic rings. The fourth-order valence-electron chi connectivity index (χ4n) is 2.77. The second-order valence-electron chi connectivity index (χ2n) is 5.53. The Morgan fingerprint density at radius 3 is 2.81 bits per heavy atom. The SMILES string of the molecule is C[C@]12CCCC[C@@H]1SP(=S)(Oc1ccc([N+](=O)[O-])cc1)O2. The molecule has 3 rings (SSSR count). The second kappa shape index (κ2) is 5.54. The topological polar surface area (TPSA) is 61.6 Å². The summed E-state index contributed by atoms with van der Waals surface area (Å²) in [5.74, 6) is 0.540. The van der Waals surface area contributed by atoms with Gasteiger partial charge in [-0.1, -0.05) is 24.2 Å². The molecule has 1 unspecified atom stereocenters. The van der Waals surface area contributed by atoms with Crippen molar-refractivity contribution in [2.75, 3.05) is 0 Å². The Morgan fingerprint density at radius 1 is 1.48 bits per heavy atom. The van der Waals surface area contributed by atoms with E-state index in [-0.39, 0.29) is 11.3 Å². The summed E-state index contributed by atoms with van der Waals surface area (Å²) in [6.07, 6.45) is 4.51. The van der Waals surface area contributed by atoms with Crippen molar-refractivity contribution < 1.29 is 14.0 Å². The van der Waals surface area contributed by atoms with Crippen LogP contribution in [0.2, 0.25) is 0 Å². The van der Waals surface area contributed by atoms with Crippen LogP contribution < -0.4 is 4.52 Å².